The topological polar surface area (TPSA) is 606 Å². The molecule has 0 bridgehead atoms. The van der Waals surface area contributed by atoms with Crippen molar-refractivity contribution in [1.29, 1.82) is 0 Å². The molecule has 39 heteroatoms. The van der Waals surface area contributed by atoms with Gasteiger partial charge in [0.15, 0.2) is 18.9 Å². The summed E-state index contributed by atoms with van der Waals surface area (Å²) in [5.41, 5.74) is 3.12. The molecule has 566 valence electrons. The Labute approximate surface area is 640 Å². The van der Waals surface area contributed by atoms with Gasteiger partial charge in [-0.25, -0.2) is 4.79 Å². The fourth-order valence-electron chi connectivity index (χ4n) is 6.30. The zero-order chi connectivity index (χ0) is 71.8. The van der Waals surface area contributed by atoms with E-state index in [0.29, 0.717) is 48.4 Å². The third kappa shape index (κ3) is 47.6. The first-order valence-electron chi connectivity index (χ1n) is 27.7. The molecule has 0 saturated heterocycles. The number of carboxylic acid groups (broad SMARTS) is 1. The molecule has 8 rings (SSSR count). The Balaban J connectivity index is -0.000000203. The van der Waals surface area contributed by atoms with Crippen molar-refractivity contribution in [3.05, 3.63) is 279 Å². The van der Waals surface area contributed by atoms with Crippen molar-refractivity contribution in [1.82, 2.24) is 0 Å². The van der Waals surface area contributed by atoms with Crippen LogP contribution in [0.5, 0.6) is 23.0 Å². The SMILES string of the molecule is O.O.O=C(O)c1ccc([N+](=O)[O-])cc1.O=[N+]([O-])c1ccc(C(O)O)cc1.O=[N+]([O-])c1ccc(C(O)O)cc1.O=[N+]([O-])c1ccc(C(O)O)cc1.OCCN=Cc1ccccc1O.OCCN=Cc1ccccc1O.OCCN=Cc1ccccc1O.OCCN=Cc1ccccc1O.[Fe].[Fe].[Fe].[Fe].[Fe]. The predicted molar refractivity (Wildman–Crippen MR) is 359 cm³/mol. The third-order valence-electron chi connectivity index (χ3n) is 11.1. The smallest absolute Gasteiger partial charge is 0.335 e. The average Bonchev–Trinajstić information content (AvgIpc) is 0.890. The quantitative estimate of drug-likeness (QED) is 0.0163. The van der Waals surface area contributed by atoms with Gasteiger partial charge in [0.1, 0.15) is 23.0 Å². The van der Waals surface area contributed by atoms with Crippen molar-refractivity contribution in [2.24, 2.45) is 20.0 Å². The number of aliphatic hydroxyl groups excluding tert-OH is 7. The van der Waals surface area contributed by atoms with E-state index in [0.717, 1.165) is 12.1 Å². The second-order valence-corrected chi connectivity index (χ2v) is 18.0. The van der Waals surface area contributed by atoms with Gasteiger partial charge in [0.25, 0.3) is 22.7 Å². The van der Waals surface area contributed by atoms with Gasteiger partial charge in [-0.2, -0.15) is 0 Å². The van der Waals surface area contributed by atoms with Crippen LogP contribution < -0.4 is 0 Å². The fraction of sp³-hybridized carbons (Fsp3) is 0.172. The molecule has 0 aliphatic rings. The second-order valence-electron chi connectivity index (χ2n) is 18.0. The van der Waals surface area contributed by atoms with Gasteiger partial charge in [-0.15, -0.1) is 0 Å². The maximum atomic E-state index is 10.3. The Bertz CT molecular complexity index is 3310. The van der Waals surface area contributed by atoms with E-state index in [9.17, 15) is 65.7 Å². The number of hydrogen-bond acceptors (Lipinski definition) is 27. The first kappa shape index (κ1) is 107. The standard InChI is InChI=1S/4C9H11NO2.3C7H7NO4.C7H5NO4.5Fe.2H2O/c4*11-6-5-10-7-8-3-1-2-4-9(8)12;4*9-7(10)5-1-3-6(4-2-5)8(11)12;;;;;;;/h4*1-4,7,11-12H,5-6H2;3*1-4,7,9-10H;1-4H,(H,9,10);;;;;;2*1H2. The van der Waals surface area contributed by atoms with Crippen LogP contribution >= 0.6 is 0 Å². The molecule has 0 aliphatic carbocycles. The minimum Gasteiger partial charge on any atom is -0.507 e. The Hall–Kier alpha value is -9.17. The minimum absolute atomic E-state index is 0. The number of carboxylic acids is 1. The van der Waals surface area contributed by atoms with E-state index >= 15 is 0 Å². The van der Waals surface area contributed by atoms with E-state index in [4.69, 9.17) is 56.2 Å². The van der Waals surface area contributed by atoms with Crippen LogP contribution in [0.25, 0.3) is 0 Å². The van der Waals surface area contributed by atoms with E-state index in [1.54, 1.807) is 97.7 Å². The fourth-order valence-corrected chi connectivity index (χ4v) is 6.30. The molecule has 0 atom stereocenters. The number of aromatic hydroxyl groups is 4. The van der Waals surface area contributed by atoms with Crippen LogP contribution in [0.3, 0.4) is 0 Å². The molecule has 0 aromatic heterocycles. The number of aliphatic hydroxyl groups is 10. The third-order valence-corrected chi connectivity index (χ3v) is 11.1. The number of nitrogens with zero attached hydrogens (tertiary/aromatic N) is 8. The number of nitro groups is 4. The van der Waals surface area contributed by atoms with Gasteiger partial charge in [-0.05, 0) is 97.1 Å². The van der Waals surface area contributed by atoms with Crippen LogP contribution in [-0.2, 0) is 85.3 Å². The Kier molecular flexibility index (Phi) is 66.4. The molecular formula is C64H74Fe5N8O26. The normalized spacial score (nSPS) is 9.68. The zero-order valence-electron chi connectivity index (χ0n) is 53.4. The number of phenolic OH excluding ortho intramolecular Hbond substituents is 4. The van der Waals surface area contributed by atoms with E-state index < -0.39 is 44.5 Å². The van der Waals surface area contributed by atoms with Crippen molar-refractivity contribution in [2.75, 3.05) is 52.6 Å². The van der Waals surface area contributed by atoms with Crippen molar-refractivity contribution in [3.8, 4) is 23.0 Å². The van der Waals surface area contributed by atoms with Gasteiger partial charge in [0, 0.05) is 198 Å². The number of hydrogen-bond donors (Lipinski definition) is 15. The molecule has 0 heterocycles. The van der Waals surface area contributed by atoms with Crippen molar-refractivity contribution < 1.29 is 197 Å². The number of rotatable bonds is 20. The van der Waals surface area contributed by atoms with Gasteiger partial charge < -0.3 is 87.6 Å². The first-order valence-corrected chi connectivity index (χ1v) is 27.7. The van der Waals surface area contributed by atoms with Crippen LogP contribution in [0.4, 0.5) is 22.7 Å². The molecule has 0 saturated carbocycles. The number of non-ortho nitro benzene ring substituents is 4. The zero-order valence-corrected chi connectivity index (χ0v) is 58.9. The number of aliphatic imine (C=N–C) groups is 4. The number of nitro benzene ring substituents is 4. The minimum atomic E-state index is -1.58. The van der Waals surface area contributed by atoms with Crippen LogP contribution in [-0.4, -0.2) is 191 Å². The maximum Gasteiger partial charge on any atom is 0.335 e. The summed E-state index contributed by atoms with van der Waals surface area (Å²) in [6, 6.07) is 47.5. The number of aromatic carboxylic acids is 1. The maximum absolute atomic E-state index is 10.3. The summed E-state index contributed by atoms with van der Waals surface area (Å²) in [4.78, 5) is 64.3. The molecule has 0 fully saturated rings. The molecule has 8 aromatic carbocycles. The Morgan fingerprint density at radius 1 is 0.330 bits per heavy atom. The summed E-state index contributed by atoms with van der Waals surface area (Å²) in [5, 5.41) is 172. The van der Waals surface area contributed by atoms with Crippen LogP contribution in [0.15, 0.2) is 214 Å². The average molecular weight is 1650 g/mol. The summed E-state index contributed by atoms with van der Waals surface area (Å²) in [7, 11) is 0. The van der Waals surface area contributed by atoms with Crippen LogP contribution in [0.2, 0.25) is 0 Å². The number of carbonyl (C=O) groups is 1. The first-order chi connectivity index (χ1) is 45.8. The van der Waals surface area contributed by atoms with Gasteiger partial charge in [0.2, 0.25) is 0 Å². The van der Waals surface area contributed by atoms with E-state index in [2.05, 4.69) is 20.0 Å². The number of para-hydroxylation sites is 4. The summed E-state index contributed by atoms with van der Waals surface area (Å²) >= 11 is 0. The van der Waals surface area contributed by atoms with Crippen molar-refractivity contribution >= 4 is 53.6 Å². The monoisotopic (exact) mass is 1650 g/mol. The van der Waals surface area contributed by atoms with Crippen molar-refractivity contribution in [3.63, 3.8) is 0 Å². The summed E-state index contributed by atoms with van der Waals surface area (Å²) in [5.74, 6) is -0.262. The molecule has 0 unspecified atom stereocenters. The second kappa shape index (κ2) is 63.7. The largest absolute Gasteiger partial charge is 0.507 e. The Morgan fingerprint density at radius 3 is 0.650 bits per heavy atom. The molecule has 0 radical (unpaired) electrons. The molecular weight excluding hydrogens is 1580 g/mol. The predicted octanol–water partition coefficient (Wildman–Crippen LogP) is 4.58. The van der Waals surface area contributed by atoms with E-state index in [-0.39, 0.29) is 191 Å². The molecule has 34 nitrogen and oxygen atoms in total. The molecule has 0 amide bonds. The summed E-state index contributed by atoms with van der Waals surface area (Å²) < 4.78 is 0. The molecule has 0 aliphatic heterocycles. The summed E-state index contributed by atoms with van der Waals surface area (Å²) in [6.45, 7) is 1.60. The number of benzene rings is 8. The molecule has 0 spiro atoms. The van der Waals surface area contributed by atoms with Gasteiger partial charge >= 0.3 is 5.97 Å². The van der Waals surface area contributed by atoms with Gasteiger partial charge in [-0.1, -0.05) is 48.5 Å². The van der Waals surface area contributed by atoms with E-state index in [1.807, 2.05) is 24.3 Å². The number of phenols is 4. The van der Waals surface area contributed by atoms with Gasteiger partial charge in [0.05, 0.1) is 77.9 Å². The van der Waals surface area contributed by atoms with Gasteiger partial charge in [-0.3, -0.25) is 60.4 Å². The summed E-state index contributed by atoms with van der Waals surface area (Å²) in [6.07, 6.45) is 1.45. The van der Waals surface area contributed by atoms with Crippen LogP contribution in [0, 0.1) is 40.5 Å². The molecule has 8 aromatic rings. The molecule has 19 N–H and O–H groups in total. The van der Waals surface area contributed by atoms with E-state index in [1.165, 1.54) is 84.9 Å². The van der Waals surface area contributed by atoms with Crippen molar-refractivity contribution in [2.45, 2.75) is 18.9 Å². The Morgan fingerprint density at radius 2 is 0.505 bits per heavy atom. The molecule has 103 heavy (non-hydrogen) atoms. The van der Waals surface area contributed by atoms with Crippen LogP contribution in [0.1, 0.15) is 68.2 Å².